The summed E-state index contributed by atoms with van der Waals surface area (Å²) < 4.78 is 24.9. The van der Waals surface area contributed by atoms with Gasteiger partial charge in [0.15, 0.2) is 9.84 Å². The van der Waals surface area contributed by atoms with E-state index in [0.29, 0.717) is 20.9 Å². The number of hydrogen-bond acceptors (Lipinski definition) is 4. The second kappa shape index (κ2) is 5.59. The summed E-state index contributed by atoms with van der Waals surface area (Å²) in [6.45, 7) is 0. The fourth-order valence-corrected chi connectivity index (χ4v) is 4.51. The van der Waals surface area contributed by atoms with Gasteiger partial charge in [-0.15, -0.1) is 0 Å². The van der Waals surface area contributed by atoms with Crippen LogP contribution in [-0.4, -0.2) is 19.2 Å². The van der Waals surface area contributed by atoms with Crippen LogP contribution in [0.4, 0.5) is 5.69 Å². The van der Waals surface area contributed by atoms with Crippen LogP contribution >= 0.6 is 27.5 Å². The summed E-state index contributed by atoms with van der Waals surface area (Å²) in [4.78, 5) is 4.48. The van der Waals surface area contributed by atoms with Crippen LogP contribution in [0.15, 0.2) is 45.9 Å². The molecule has 0 saturated heterocycles. The van der Waals surface area contributed by atoms with Crippen LogP contribution in [-0.2, 0) is 9.84 Å². The first-order chi connectivity index (χ1) is 9.97. The Kier molecular flexibility index (Phi) is 3.94. The number of benzene rings is 1. The van der Waals surface area contributed by atoms with E-state index in [-0.39, 0.29) is 11.8 Å². The molecule has 0 bridgehead atoms. The van der Waals surface area contributed by atoms with Gasteiger partial charge in [-0.2, -0.15) is 0 Å². The molecule has 1 aromatic carbocycles. The van der Waals surface area contributed by atoms with Gasteiger partial charge in [0.2, 0.25) is 0 Å². The Labute approximate surface area is 136 Å². The van der Waals surface area contributed by atoms with Gasteiger partial charge in [-0.05, 0) is 40.0 Å². The molecule has 2 heterocycles. The van der Waals surface area contributed by atoms with Crippen molar-refractivity contribution < 1.29 is 8.42 Å². The summed E-state index contributed by atoms with van der Waals surface area (Å²) in [6.07, 6.45) is 2.17. The summed E-state index contributed by atoms with van der Waals surface area (Å²) in [7, 11) is -3.17. The molecule has 7 heteroatoms. The number of hydrogen-bond donors (Lipinski definition) is 1. The number of fused-ring (bicyclic) bond motifs is 1. The monoisotopic (exact) mass is 386 g/mol. The highest BCUT2D eigenvalue weighted by Gasteiger charge is 2.29. The number of sulfone groups is 1. The predicted octanol–water partition coefficient (Wildman–Crippen LogP) is 3.83. The molecule has 1 aliphatic rings. The van der Waals surface area contributed by atoms with Crippen molar-refractivity contribution in [3.8, 4) is 0 Å². The summed E-state index contributed by atoms with van der Waals surface area (Å²) >= 11 is 9.21. The number of halogens is 2. The van der Waals surface area contributed by atoms with Gasteiger partial charge < -0.3 is 5.32 Å². The summed E-state index contributed by atoms with van der Waals surface area (Å²) in [5.74, 6) is 0.143. The third-order valence-corrected chi connectivity index (χ3v) is 6.39. The predicted molar refractivity (Wildman–Crippen MR) is 86.4 cm³/mol. The van der Waals surface area contributed by atoms with Gasteiger partial charge in [-0.25, -0.2) is 13.4 Å². The molecular formula is C14H12BrClN2O2S. The SMILES string of the molecule is O=S1(=O)CCC(Nc2cnc(Cl)c(Br)c2)c2ccccc21. The normalized spacial score (nSPS) is 19.8. The van der Waals surface area contributed by atoms with Crippen molar-refractivity contribution in [2.75, 3.05) is 11.1 Å². The minimum absolute atomic E-state index is 0.0559. The Balaban J connectivity index is 1.95. The fraction of sp³-hybridized carbons (Fsp3) is 0.214. The van der Waals surface area contributed by atoms with Crippen molar-refractivity contribution in [2.45, 2.75) is 17.4 Å². The van der Waals surface area contributed by atoms with E-state index in [1.54, 1.807) is 18.3 Å². The molecular weight excluding hydrogens is 376 g/mol. The Morgan fingerprint density at radius 1 is 1.33 bits per heavy atom. The maximum Gasteiger partial charge on any atom is 0.178 e. The smallest absolute Gasteiger partial charge is 0.178 e. The van der Waals surface area contributed by atoms with Crippen LogP contribution in [0.3, 0.4) is 0 Å². The molecule has 0 radical (unpaired) electrons. The molecule has 3 rings (SSSR count). The van der Waals surface area contributed by atoms with Gasteiger partial charge in [0.1, 0.15) is 5.15 Å². The van der Waals surface area contributed by atoms with Crippen molar-refractivity contribution in [2.24, 2.45) is 0 Å². The molecule has 1 aromatic heterocycles. The van der Waals surface area contributed by atoms with E-state index < -0.39 is 9.84 Å². The molecule has 1 atom stereocenters. The van der Waals surface area contributed by atoms with E-state index in [0.717, 1.165) is 11.3 Å². The maximum absolute atomic E-state index is 12.1. The summed E-state index contributed by atoms with van der Waals surface area (Å²) in [5, 5.41) is 3.72. The van der Waals surface area contributed by atoms with Crippen molar-refractivity contribution in [3.05, 3.63) is 51.7 Å². The van der Waals surface area contributed by atoms with Gasteiger partial charge in [0.25, 0.3) is 0 Å². The fourth-order valence-electron chi connectivity index (χ4n) is 2.44. The second-order valence-electron chi connectivity index (χ2n) is 4.84. The van der Waals surface area contributed by atoms with Gasteiger partial charge >= 0.3 is 0 Å². The van der Waals surface area contributed by atoms with Gasteiger partial charge in [0.05, 0.1) is 33.0 Å². The lowest BCUT2D eigenvalue weighted by Crippen LogP contribution is -2.24. The zero-order valence-electron chi connectivity index (χ0n) is 10.9. The average Bonchev–Trinajstić information content (AvgIpc) is 2.46. The van der Waals surface area contributed by atoms with Crippen molar-refractivity contribution >= 4 is 43.1 Å². The second-order valence-corrected chi connectivity index (χ2v) is 8.13. The average molecular weight is 388 g/mol. The van der Waals surface area contributed by atoms with E-state index in [1.807, 2.05) is 18.2 Å². The van der Waals surface area contributed by atoms with E-state index in [2.05, 4.69) is 26.2 Å². The number of nitrogens with one attached hydrogen (secondary N) is 1. The first kappa shape index (κ1) is 14.8. The van der Waals surface area contributed by atoms with Crippen LogP contribution in [0.5, 0.6) is 0 Å². The van der Waals surface area contributed by atoms with E-state index >= 15 is 0 Å². The van der Waals surface area contributed by atoms with Crippen LogP contribution < -0.4 is 5.32 Å². The topological polar surface area (TPSA) is 59.1 Å². The summed E-state index contributed by atoms with van der Waals surface area (Å²) in [6, 6.07) is 8.89. The zero-order chi connectivity index (χ0) is 15.0. The molecule has 0 spiro atoms. The molecule has 0 fully saturated rings. The van der Waals surface area contributed by atoms with E-state index in [9.17, 15) is 8.42 Å². The first-order valence-corrected chi connectivity index (χ1v) is 9.19. The Morgan fingerprint density at radius 3 is 2.86 bits per heavy atom. The quantitative estimate of drug-likeness (QED) is 0.796. The highest BCUT2D eigenvalue weighted by Crippen LogP contribution is 2.35. The van der Waals surface area contributed by atoms with Crippen LogP contribution in [0.25, 0.3) is 0 Å². The van der Waals surface area contributed by atoms with Crippen molar-refractivity contribution in [1.29, 1.82) is 0 Å². The van der Waals surface area contributed by atoms with Crippen molar-refractivity contribution in [1.82, 2.24) is 4.98 Å². The zero-order valence-corrected chi connectivity index (χ0v) is 14.0. The third-order valence-electron chi connectivity index (χ3n) is 3.44. The van der Waals surface area contributed by atoms with Crippen LogP contribution in [0.2, 0.25) is 5.15 Å². The van der Waals surface area contributed by atoms with Gasteiger partial charge in [0, 0.05) is 0 Å². The molecule has 2 aromatic rings. The molecule has 1 unspecified atom stereocenters. The number of pyridine rings is 1. The molecule has 0 saturated carbocycles. The van der Waals surface area contributed by atoms with Crippen molar-refractivity contribution in [3.63, 3.8) is 0 Å². The first-order valence-electron chi connectivity index (χ1n) is 6.36. The Bertz CT molecular complexity index is 795. The maximum atomic E-state index is 12.1. The third kappa shape index (κ3) is 2.93. The standard InChI is InChI=1S/C14H12BrClN2O2S/c15-11-7-9(8-17-14(11)16)18-12-5-6-21(19,20)13-4-2-1-3-10(12)13/h1-4,7-8,12,18H,5-6H2. The van der Waals surface area contributed by atoms with Gasteiger partial charge in [-0.1, -0.05) is 29.8 Å². The minimum Gasteiger partial charge on any atom is -0.377 e. The number of aromatic nitrogens is 1. The number of rotatable bonds is 2. The number of anilines is 1. The molecule has 110 valence electrons. The molecule has 0 aliphatic carbocycles. The highest BCUT2D eigenvalue weighted by atomic mass is 79.9. The lowest BCUT2D eigenvalue weighted by atomic mass is 10.0. The summed E-state index contributed by atoms with van der Waals surface area (Å²) in [5.41, 5.74) is 1.60. The molecule has 1 N–H and O–H groups in total. The molecule has 1 aliphatic heterocycles. The molecule has 0 amide bonds. The Hall–Kier alpha value is -1.11. The van der Waals surface area contributed by atoms with E-state index in [4.69, 9.17) is 11.6 Å². The Morgan fingerprint density at radius 2 is 2.10 bits per heavy atom. The largest absolute Gasteiger partial charge is 0.377 e. The highest BCUT2D eigenvalue weighted by molar-refractivity contribution is 9.10. The van der Waals surface area contributed by atoms with E-state index in [1.165, 1.54) is 0 Å². The lowest BCUT2D eigenvalue weighted by Gasteiger charge is -2.27. The minimum atomic E-state index is -3.17. The van der Waals surface area contributed by atoms with Crippen LogP contribution in [0, 0.1) is 0 Å². The lowest BCUT2D eigenvalue weighted by molar-refractivity contribution is 0.576. The molecule has 4 nitrogen and oxygen atoms in total. The molecule has 21 heavy (non-hydrogen) atoms. The number of nitrogens with zero attached hydrogens (tertiary/aromatic N) is 1. The van der Waals surface area contributed by atoms with Crippen LogP contribution in [0.1, 0.15) is 18.0 Å². The van der Waals surface area contributed by atoms with Gasteiger partial charge in [-0.3, -0.25) is 0 Å².